The van der Waals surface area contributed by atoms with Gasteiger partial charge < -0.3 is 15.1 Å². The molecule has 0 aliphatic carbocycles. The Morgan fingerprint density at radius 1 is 1.19 bits per heavy atom. The summed E-state index contributed by atoms with van der Waals surface area (Å²) in [7, 11) is 0. The summed E-state index contributed by atoms with van der Waals surface area (Å²) in [5.41, 5.74) is 1.42. The van der Waals surface area contributed by atoms with Crippen molar-refractivity contribution in [2.24, 2.45) is 0 Å². The number of carbonyl (C=O) groups excluding carboxylic acids is 2. The summed E-state index contributed by atoms with van der Waals surface area (Å²) in [5.74, 6) is -0.287. The number of rotatable bonds is 6. The highest BCUT2D eigenvalue weighted by atomic mass is 32.1. The molecule has 1 aromatic carbocycles. The van der Waals surface area contributed by atoms with Crippen molar-refractivity contribution >= 4 is 39.8 Å². The van der Waals surface area contributed by atoms with Gasteiger partial charge in [-0.15, -0.1) is 11.3 Å². The van der Waals surface area contributed by atoms with Gasteiger partial charge in [0.1, 0.15) is 5.58 Å². The summed E-state index contributed by atoms with van der Waals surface area (Å²) in [6, 6.07) is 10.2. The molecule has 0 aliphatic heterocycles. The molecule has 2 heterocycles. The average molecular weight is 370 g/mol. The molecule has 2 amide bonds. The van der Waals surface area contributed by atoms with E-state index in [0.29, 0.717) is 29.1 Å². The molecule has 0 atom stereocenters. The molecule has 0 aliphatic rings. The Labute approximate surface area is 153 Å². The third-order valence-electron chi connectivity index (χ3n) is 3.85. The highest BCUT2D eigenvalue weighted by Crippen LogP contribution is 2.20. The quantitative estimate of drug-likeness (QED) is 0.515. The van der Waals surface area contributed by atoms with Gasteiger partial charge in [0.15, 0.2) is 0 Å². The van der Waals surface area contributed by atoms with E-state index in [4.69, 9.17) is 4.42 Å². The van der Waals surface area contributed by atoms with Crippen LogP contribution in [0.1, 0.15) is 28.1 Å². The molecule has 0 spiro atoms. The Morgan fingerprint density at radius 3 is 2.81 bits per heavy atom. The second kappa shape index (κ2) is 7.97. The predicted molar refractivity (Wildman–Crippen MR) is 102 cm³/mol. The van der Waals surface area contributed by atoms with Gasteiger partial charge in [0.25, 0.3) is 5.91 Å². The molecule has 7 heteroatoms. The number of nitrogens with one attached hydrogen (secondary N) is 2. The first-order valence-electron chi connectivity index (χ1n) is 8.19. The molecule has 6 nitrogen and oxygen atoms in total. The topological polar surface area (TPSA) is 88.4 Å². The van der Waals surface area contributed by atoms with Crippen LogP contribution in [0.3, 0.4) is 0 Å². The van der Waals surface area contributed by atoms with Crippen LogP contribution >= 0.6 is 11.3 Å². The van der Waals surface area contributed by atoms with Crippen molar-refractivity contribution in [2.45, 2.75) is 19.8 Å². The third-order valence-corrected chi connectivity index (χ3v) is 4.71. The number of hydrogen-bond donors (Lipinski definition) is 2. The van der Waals surface area contributed by atoms with Crippen LogP contribution in [-0.2, 0) is 4.79 Å². The van der Waals surface area contributed by atoms with Gasteiger partial charge in [-0.1, -0.05) is 6.07 Å². The molecule has 2 N–H and O–H groups in total. The molecule has 3 aromatic rings. The highest BCUT2D eigenvalue weighted by Gasteiger charge is 2.08. The smallest absolute Gasteiger partial charge is 0.336 e. The normalized spacial score (nSPS) is 10.7. The van der Waals surface area contributed by atoms with Crippen LogP contribution in [0.25, 0.3) is 11.0 Å². The summed E-state index contributed by atoms with van der Waals surface area (Å²) >= 11 is 1.38. The molecule has 0 saturated heterocycles. The molecular weight excluding hydrogens is 352 g/mol. The Hall–Kier alpha value is -2.93. The zero-order valence-corrected chi connectivity index (χ0v) is 15.0. The van der Waals surface area contributed by atoms with Crippen LogP contribution in [0.4, 0.5) is 5.69 Å². The fourth-order valence-electron chi connectivity index (χ4n) is 2.57. The zero-order valence-electron chi connectivity index (χ0n) is 14.2. The van der Waals surface area contributed by atoms with Crippen LogP contribution < -0.4 is 16.3 Å². The Bertz CT molecular complexity index is 992. The first kappa shape index (κ1) is 17.9. The average Bonchev–Trinajstić information content (AvgIpc) is 3.12. The van der Waals surface area contributed by atoms with Crippen LogP contribution in [0.5, 0.6) is 0 Å². The lowest BCUT2D eigenvalue weighted by molar-refractivity contribution is -0.116. The number of thiophene rings is 1. The minimum absolute atomic E-state index is 0.125. The minimum atomic E-state index is -0.417. The second-order valence-electron chi connectivity index (χ2n) is 5.84. The Morgan fingerprint density at radius 2 is 2.04 bits per heavy atom. The second-order valence-corrected chi connectivity index (χ2v) is 6.79. The van der Waals surface area contributed by atoms with Gasteiger partial charge in [-0.2, -0.15) is 0 Å². The lowest BCUT2D eigenvalue weighted by atomic mass is 10.1. The molecule has 0 saturated carbocycles. The maximum atomic E-state index is 12.0. The Balaban J connectivity index is 1.51. The van der Waals surface area contributed by atoms with Gasteiger partial charge in [-0.3, -0.25) is 9.59 Å². The molecule has 3 rings (SSSR count). The minimum Gasteiger partial charge on any atom is -0.423 e. The van der Waals surface area contributed by atoms with E-state index in [0.717, 1.165) is 10.9 Å². The molecule has 0 unspecified atom stereocenters. The predicted octanol–water partition coefficient (Wildman–Crippen LogP) is 3.31. The van der Waals surface area contributed by atoms with Gasteiger partial charge in [0.05, 0.1) is 4.88 Å². The first-order valence-corrected chi connectivity index (χ1v) is 9.07. The maximum absolute atomic E-state index is 12.0. The van der Waals surface area contributed by atoms with Crippen LogP contribution in [-0.4, -0.2) is 18.4 Å². The van der Waals surface area contributed by atoms with Crippen LogP contribution in [0, 0.1) is 6.92 Å². The maximum Gasteiger partial charge on any atom is 0.336 e. The van der Waals surface area contributed by atoms with Crippen LogP contribution in [0.15, 0.2) is 51.0 Å². The molecular formula is C19H18N2O4S. The van der Waals surface area contributed by atoms with Crippen molar-refractivity contribution in [1.82, 2.24) is 5.32 Å². The summed E-state index contributed by atoms with van der Waals surface area (Å²) in [6.07, 6.45) is 0.811. The standard InChI is InChI=1S/C19H18N2O4S/c1-12-10-18(23)25-15-11-13(6-7-14(12)15)21-17(22)5-2-8-20-19(24)16-4-3-9-26-16/h3-4,6-7,9-11H,2,5,8H2,1H3,(H,20,24)(H,21,22). The van der Waals surface area contributed by atoms with Crippen molar-refractivity contribution in [2.75, 3.05) is 11.9 Å². The monoisotopic (exact) mass is 370 g/mol. The number of benzene rings is 1. The van der Waals surface area contributed by atoms with E-state index in [1.165, 1.54) is 17.4 Å². The van der Waals surface area contributed by atoms with Crippen molar-refractivity contribution in [3.05, 3.63) is 62.6 Å². The van der Waals surface area contributed by atoms with Crippen molar-refractivity contribution in [1.29, 1.82) is 0 Å². The molecule has 0 radical (unpaired) electrons. The Kier molecular flexibility index (Phi) is 5.48. The summed E-state index contributed by atoms with van der Waals surface area (Å²) in [5, 5.41) is 8.23. The van der Waals surface area contributed by atoms with E-state index >= 15 is 0 Å². The van der Waals surface area contributed by atoms with Gasteiger partial charge in [0, 0.05) is 36.2 Å². The molecule has 0 fully saturated rings. The van der Waals surface area contributed by atoms with Crippen LogP contribution in [0.2, 0.25) is 0 Å². The summed E-state index contributed by atoms with van der Waals surface area (Å²) in [4.78, 5) is 35.9. The fraction of sp³-hybridized carbons (Fsp3) is 0.211. The van der Waals surface area contributed by atoms with Crippen molar-refractivity contribution in [3.8, 4) is 0 Å². The summed E-state index contributed by atoms with van der Waals surface area (Å²) < 4.78 is 5.17. The zero-order chi connectivity index (χ0) is 18.5. The van der Waals surface area contributed by atoms with Gasteiger partial charge >= 0.3 is 5.63 Å². The van der Waals surface area contributed by atoms with E-state index in [-0.39, 0.29) is 18.2 Å². The van der Waals surface area contributed by atoms with E-state index in [9.17, 15) is 14.4 Å². The molecule has 2 aromatic heterocycles. The first-order chi connectivity index (χ1) is 12.5. The number of carbonyl (C=O) groups is 2. The van der Waals surface area contributed by atoms with E-state index in [1.54, 1.807) is 18.2 Å². The number of hydrogen-bond acceptors (Lipinski definition) is 5. The van der Waals surface area contributed by atoms with Crippen molar-refractivity contribution < 1.29 is 14.0 Å². The number of fused-ring (bicyclic) bond motifs is 1. The van der Waals surface area contributed by atoms with Crippen molar-refractivity contribution in [3.63, 3.8) is 0 Å². The number of aryl methyl sites for hydroxylation is 1. The van der Waals surface area contributed by atoms with Gasteiger partial charge in [-0.25, -0.2) is 4.79 Å². The SMILES string of the molecule is Cc1cc(=O)oc2cc(NC(=O)CCCNC(=O)c3cccs3)ccc12. The van der Waals surface area contributed by atoms with E-state index in [2.05, 4.69) is 10.6 Å². The van der Waals surface area contributed by atoms with Gasteiger partial charge in [-0.05, 0) is 42.5 Å². The highest BCUT2D eigenvalue weighted by molar-refractivity contribution is 7.12. The molecule has 134 valence electrons. The number of amides is 2. The molecule has 26 heavy (non-hydrogen) atoms. The lowest BCUT2D eigenvalue weighted by Gasteiger charge is -2.07. The van der Waals surface area contributed by atoms with E-state index in [1.807, 2.05) is 24.4 Å². The lowest BCUT2D eigenvalue weighted by Crippen LogP contribution is -2.24. The summed E-state index contributed by atoms with van der Waals surface area (Å²) in [6.45, 7) is 2.26. The fourth-order valence-corrected chi connectivity index (χ4v) is 3.21. The number of anilines is 1. The third kappa shape index (κ3) is 4.37. The van der Waals surface area contributed by atoms with Gasteiger partial charge in [0.2, 0.25) is 5.91 Å². The molecule has 0 bridgehead atoms. The largest absolute Gasteiger partial charge is 0.423 e. The van der Waals surface area contributed by atoms with E-state index < -0.39 is 5.63 Å².